The second kappa shape index (κ2) is 6.89. The molecule has 0 atom stereocenters. The predicted octanol–water partition coefficient (Wildman–Crippen LogP) is 3.25. The third-order valence-corrected chi connectivity index (χ3v) is 1.45. The van der Waals surface area contributed by atoms with Crippen LogP contribution in [-0.2, 0) is 4.84 Å². The molecule has 0 bridgehead atoms. The van der Waals surface area contributed by atoms with Gasteiger partial charge in [0.25, 0.3) is 0 Å². The van der Waals surface area contributed by atoms with E-state index in [-0.39, 0.29) is 0 Å². The first-order valence-corrected chi connectivity index (χ1v) is 4.38. The molecular weight excluding hydrogens is 174 g/mol. The number of nitrogens with zero attached hydrogens (tertiary/aromatic N) is 1. The maximum absolute atomic E-state index is 5.05. The lowest BCUT2D eigenvalue weighted by molar-refractivity contribution is 0.168. The first-order valence-electron chi connectivity index (χ1n) is 4.38. The molecule has 0 aliphatic rings. The topological polar surface area (TPSA) is 21.6 Å². The molecule has 0 spiro atoms. The van der Waals surface area contributed by atoms with Crippen molar-refractivity contribution < 1.29 is 4.84 Å². The number of oxime groups is 1. The molecule has 2 nitrogen and oxygen atoms in total. The summed E-state index contributed by atoms with van der Waals surface area (Å²) in [6.07, 6.45) is 5.23. The minimum absolute atomic E-state index is 0.440. The quantitative estimate of drug-likeness (QED) is 0.273. The molecule has 0 fully saturated rings. The van der Waals surface area contributed by atoms with Crippen molar-refractivity contribution in [2.24, 2.45) is 5.16 Å². The highest BCUT2D eigenvalue weighted by atomic mass is 16.6. The van der Waals surface area contributed by atoms with Crippen LogP contribution in [0.3, 0.4) is 0 Å². The smallest absolute Gasteiger partial charge is 0.137 e. The first-order chi connectivity index (χ1) is 6.61. The van der Waals surface area contributed by atoms with Crippen LogP contribution < -0.4 is 0 Å². The monoisotopic (exact) mass is 191 g/mol. The Kier molecular flexibility index (Phi) is 6.12. The molecule has 0 aromatic carbocycles. The van der Waals surface area contributed by atoms with E-state index in [1.54, 1.807) is 12.2 Å². The summed E-state index contributed by atoms with van der Waals surface area (Å²) in [6, 6.07) is 0. The average molecular weight is 191 g/mol. The van der Waals surface area contributed by atoms with Crippen LogP contribution in [0.25, 0.3) is 0 Å². The van der Waals surface area contributed by atoms with Crippen molar-refractivity contribution in [2.45, 2.75) is 13.8 Å². The first kappa shape index (κ1) is 12.4. The lowest BCUT2D eigenvalue weighted by Crippen LogP contribution is -1.97. The van der Waals surface area contributed by atoms with E-state index in [0.717, 1.165) is 16.9 Å². The van der Waals surface area contributed by atoms with E-state index >= 15 is 0 Å². The summed E-state index contributed by atoms with van der Waals surface area (Å²) in [4.78, 5) is 5.05. The average Bonchev–Trinajstić information content (AvgIpc) is 2.13. The van der Waals surface area contributed by atoms with Gasteiger partial charge in [0.1, 0.15) is 6.61 Å². The molecule has 0 radical (unpaired) electrons. The van der Waals surface area contributed by atoms with Crippen LogP contribution in [0.5, 0.6) is 0 Å². The molecule has 0 saturated heterocycles. The minimum atomic E-state index is 0.440. The normalized spacial score (nSPS) is 12.1. The zero-order valence-electron chi connectivity index (χ0n) is 8.92. The lowest BCUT2D eigenvalue weighted by atomic mass is 10.1. The second-order valence-corrected chi connectivity index (χ2v) is 2.97. The molecular formula is C12H17NO. The highest BCUT2D eigenvalue weighted by molar-refractivity contribution is 6.00. The summed E-state index contributed by atoms with van der Waals surface area (Å²) in [5, 5.41) is 3.92. The lowest BCUT2D eigenvalue weighted by Gasteiger charge is -2.01. The third-order valence-electron chi connectivity index (χ3n) is 1.45. The predicted molar refractivity (Wildman–Crippen MR) is 62.4 cm³/mol. The molecule has 0 saturated carbocycles. The molecule has 0 heterocycles. The minimum Gasteiger partial charge on any atom is -0.391 e. The van der Waals surface area contributed by atoms with Crippen LogP contribution in [0.2, 0.25) is 0 Å². The van der Waals surface area contributed by atoms with Gasteiger partial charge in [0.2, 0.25) is 0 Å². The Morgan fingerprint density at radius 2 is 2.00 bits per heavy atom. The standard InChI is InChI=1S/C12H17NO/c1-6-8-12(7-2)11(5)13-14-9-10(3)4/h6-8H,1-3,9H2,4-5H3/b12-8+,13-11?. The number of rotatable bonds is 6. The van der Waals surface area contributed by atoms with Gasteiger partial charge in [0, 0.05) is 0 Å². The van der Waals surface area contributed by atoms with Crippen molar-refractivity contribution in [2.75, 3.05) is 6.61 Å². The Hall–Kier alpha value is -1.57. The summed E-state index contributed by atoms with van der Waals surface area (Å²) in [5.74, 6) is 0. The van der Waals surface area contributed by atoms with Crippen LogP contribution >= 0.6 is 0 Å². The van der Waals surface area contributed by atoms with Crippen molar-refractivity contribution >= 4 is 5.71 Å². The molecule has 0 N–H and O–H groups in total. The molecule has 14 heavy (non-hydrogen) atoms. The molecule has 76 valence electrons. The van der Waals surface area contributed by atoms with Gasteiger partial charge in [-0.3, -0.25) is 0 Å². The summed E-state index contributed by atoms with van der Waals surface area (Å²) < 4.78 is 0. The molecule has 0 amide bonds. The largest absolute Gasteiger partial charge is 0.391 e. The molecule has 0 aromatic heterocycles. The van der Waals surface area contributed by atoms with E-state index in [2.05, 4.69) is 24.9 Å². The van der Waals surface area contributed by atoms with Gasteiger partial charge in [-0.2, -0.15) is 0 Å². The number of hydrogen-bond donors (Lipinski definition) is 0. The van der Waals surface area contributed by atoms with Crippen molar-refractivity contribution in [1.82, 2.24) is 0 Å². The highest BCUT2D eigenvalue weighted by Crippen LogP contribution is 2.01. The molecule has 0 unspecified atom stereocenters. The Balaban J connectivity index is 4.34. The Morgan fingerprint density at radius 3 is 2.43 bits per heavy atom. The number of allylic oxidation sites excluding steroid dienone is 4. The van der Waals surface area contributed by atoms with Gasteiger partial charge in [-0.05, 0) is 25.0 Å². The van der Waals surface area contributed by atoms with Crippen LogP contribution in [0.4, 0.5) is 0 Å². The fourth-order valence-corrected chi connectivity index (χ4v) is 0.755. The summed E-state index contributed by atoms with van der Waals surface area (Å²) in [5.41, 5.74) is 2.62. The highest BCUT2D eigenvalue weighted by Gasteiger charge is 1.95. The van der Waals surface area contributed by atoms with E-state index in [1.165, 1.54) is 0 Å². The van der Waals surface area contributed by atoms with Crippen molar-refractivity contribution in [1.29, 1.82) is 0 Å². The summed E-state index contributed by atoms with van der Waals surface area (Å²) in [7, 11) is 0. The van der Waals surface area contributed by atoms with Crippen LogP contribution in [0.15, 0.2) is 54.3 Å². The zero-order chi connectivity index (χ0) is 11.0. The molecule has 0 aliphatic heterocycles. The van der Waals surface area contributed by atoms with E-state index in [0.29, 0.717) is 6.61 Å². The van der Waals surface area contributed by atoms with Crippen molar-refractivity contribution in [3.8, 4) is 0 Å². The van der Waals surface area contributed by atoms with E-state index in [4.69, 9.17) is 4.84 Å². The van der Waals surface area contributed by atoms with Crippen LogP contribution in [0, 0.1) is 0 Å². The van der Waals surface area contributed by atoms with Gasteiger partial charge in [0.15, 0.2) is 0 Å². The van der Waals surface area contributed by atoms with Gasteiger partial charge in [0.05, 0.1) is 5.71 Å². The molecule has 0 aromatic rings. The van der Waals surface area contributed by atoms with Gasteiger partial charge < -0.3 is 4.84 Å². The van der Waals surface area contributed by atoms with E-state index in [9.17, 15) is 0 Å². The molecule has 0 aliphatic carbocycles. The Bertz CT molecular complexity index is 285. The fourth-order valence-electron chi connectivity index (χ4n) is 0.755. The van der Waals surface area contributed by atoms with Gasteiger partial charge in [-0.1, -0.05) is 43.1 Å². The third kappa shape index (κ3) is 5.14. The van der Waals surface area contributed by atoms with Crippen LogP contribution in [-0.4, -0.2) is 12.3 Å². The van der Waals surface area contributed by atoms with Crippen molar-refractivity contribution in [3.63, 3.8) is 0 Å². The van der Waals surface area contributed by atoms with Gasteiger partial charge >= 0.3 is 0 Å². The number of hydrogen-bond acceptors (Lipinski definition) is 2. The van der Waals surface area contributed by atoms with Crippen molar-refractivity contribution in [3.05, 3.63) is 49.1 Å². The maximum atomic E-state index is 5.05. The van der Waals surface area contributed by atoms with E-state index in [1.807, 2.05) is 19.9 Å². The SMILES string of the molecule is C=C/C=C(\C=C)C(C)=NOCC(=C)C. The van der Waals surface area contributed by atoms with Gasteiger partial charge in [-0.25, -0.2) is 0 Å². The van der Waals surface area contributed by atoms with E-state index < -0.39 is 0 Å². The second-order valence-electron chi connectivity index (χ2n) is 2.97. The van der Waals surface area contributed by atoms with Gasteiger partial charge in [-0.15, -0.1) is 0 Å². The molecule has 2 heteroatoms. The fraction of sp³-hybridized carbons (Fsp3) is 0.250. The molecule has 0 rings (SSSR count). The summed E-state index contributed by atoms with van der Waals surface area (Å²) >= 11 is 0. The zero-order valence-corrected chi connectivity index (χ0v) is 8.92. The Morgan fingerprint density at radius 1 is 1.36 bits per heavy atom. The summed E-state index contributed by atoms with van der Waals surface area (Å²) in [6.45, 7) is 15.2. The Labute approximate surface area is 86.0 Å². The van der Waals surface area contributed by atoms with Crippen LogP contribution in [0.1, 0.15) is 13.8 Å². The maximum Gasteiger partial charge on any atom is 0.137 e.